The monoisotopic (exact) mass is 198 g/mol. The lowest BCUT2D eigenvalue weighted by molar-refractivity contribution is 0.0439. The maximum atomic E-state index is 10.3. The lowest BCUT2D eigenvalue weighted by Crippen LogP contribution is -2.27. The van der Waals surface area contributed by atoms with Gasteiger partial charge in [0.2, 0.25) is 0 Å². The molecule has 1 aliphatic rings. The molecule has 0 saturated heterocycles. The molecule has 1 rings (SSSR count). The first-order valence-corrected chi connectivity index (χ1v) is 6.47. The van der Waals surface area contributed by atoms with Crippen molar-refractivity contribution in [3.8, 4) is 0 Å². The fraction of sp³-hybridized carbons (Fsp3) is 1.00. The van der Waals surface area contributed by atoms with Gasteiger partial charge in [-0.05, 0) is 37.5 Å². The molecule has 0 heterocycles. The second kappa shape index (κ2) is 6.44. The van der Waals surface area contributed by atoms with E-state index in [0.717, 1.165) is 0 Å². The van der Waals surface area contributed by atoms with Crippen molar-refractivity contribution >= 4 is 0 Å². The van der Waals surface area contributed by atoms with Gasteiger partial charge in [0.25, 0.3) is 0 Å². The Morgan fingerprint density at radius 1 is 1.07 bits per heavy atom. The molecule has 0 amide bonds. The van der Waals surface area contributed by atoms with Gasteiger partial charge in [-0.15, -0.1) is 0 Å². The summed E-state index contributed by atoms with van der Waals surface area (Å²) in [4.78, 5) is 0. The zero-order valence-corrected chi connectivity index (χ0v) is 9.84. The minimum atomic E-state index is -0.00241. The van der Waals surface area contributed by atoms with Crippen molar-refractivity contribution in [1.29, 1.82) is 0 Å². The topological polar surface area (TPSA) is 20.2 Å². The third-order valence-corrected chi connectivity index (χ3v) is 3.68. The van der Waals surface area contributed by atoms with Crippen LogP contribution in [0.15, 0.2) is 0 Å². The van der Waals surface area contributed by atoms with Crippen molar-refractivity contribution in [3.63, 3.8) is 0 Å². The molecule has 0 aromatic carbocycles. The van der Waals surface area contributed by atoms with Crippen LogP contribution in [-0.2, 0) is 0 Å². The molecule has 84 valence electrons. The molecule has 0 spiro atoms. The molecule has 1 N–H and O–H groups in total. The van der Waals surface area contributed by atoms with Crippen molar-refractivity contribution in [1.82, 2.24) is 0 Å². The quantitative estimate of drug-likeness (QED) is 0.689. The Labute approximate surface area is 88.9 Å². The van der Waals surface area contributed by atoms with Gasteiger partial charge in [0, 0.05) is 0 Å². The fourth-order valence-electron chi connectivity index (χ4n) is 2.91. The van der Waals surface area contributed by atoms with E-state index in [9.17, 15) is 5.11 Å². The lowest BCUT2D eigenvalue weighted by atomic mass is 9.84. The van der Waals surface area contributed by atoms with E-state index in [4.69, 9.17) is 0 Å². The first kappa shape index (κ1) is 12.0. The first-order valence-electron chi connectivity index (χ1n) is 6.47. The fourth-order valence-corrected chi connectivity index (χ4v) is 2.91. The molecule has 1 saturated carbocycles. The van der Waals surface area contributed by atoms with Crippen LogP contribution in [0.5, 0.6) is 0 Å². The standard InChI is InChI=1S/C13H26O/c1-3-7-11(8-4-2)13(14)12-9-5-6-10-12/h11-14H,3-10H2,1-2H3. The third kappa shape index (κ3) is 3.27. The normalized spacial score (nSPS) is 20.6. The molecule has 1 fully saturated rings. The molecule has 1 atom stereocenters. The highest BCUT2D eigenvalue weighted by atomic mass is 16.3. The predicted molar refractivity (Wildman–Crippen MR) is 61.3 cm³/mol. The van der Waals surface area contributed by atoms with E-state index >= 15 is 0 Å². The number of hydrogen-bond acceptors (Lipinski definition) is 1. The van der Waals surface area contributed by atoms with Crippen molar-refractivity contribution in [2.45, 2.75) is 71.3 Å². The van der Waals surface area contributed by atoms with Crippen molar-refractivity contribution < 1.29 is 5.11 Å². The zero-order chi connectivity index (χ0) is 10.4. The Balaban J connectivity index is 2.39. The Kier molecular flexibility index (Phi) is 5.54. The van der Waals surface area contributed by atoms with E-state index in [1.807, 2.05) is 0 Å². The van der Waals surface area contributed by atoms with E-state index in [2.05, 4.69) is 13.8 Å². The molecule has 0 aliphatic heterocycles. The summed E-state index contributed by atoms with van der Waals surface area (Å²) in [5, 5.41) is 10.3. The largest absolute Gasteiger partial charge is 0.393 e. The number of rotatable bonds is 6. The average Bonchev–Trinajstić information content (AvgIpc) is 2.69. The van der Waals surface area contributed by atoms with Crippen molar-refractivity contribution in [2.24, 2.45) is 11.8 Å². The molecular weight excluding hydrogens is 172 g/mol. The van der Waals surface area contributed by atoms with Gasteiger partial charge in [0.05, 0.1) is 6.10 Å². The summed E-state index contributed by atoms with van der Waals surface area (Å²) in [5.74, 6) is 1.20. The van der Waals surface area contributed by atoms with Crippen LogP contribution in [0, 0.1) is 11.8 Å². The first-order chi connectivity index (χ1) is 6.79. The Bertz CT molecular complexity index is 132. The number of aliphatic hydroxyl groups is 1. The van der Waals surface area contributed by atoms with Crippen LogP contribution in [0.4, 0.5) is 0 Å². The maximum Gasteiger partial charge on any atom is 0.0596 e. The van der Waals surface area contributed by atoms with Crippen LogP contribution in [0.2, 0.25) is 0 Å². The number of aliphatic hydroxyl groups excluding tert-OH is 1. The molecule has 0 aromatic rings. The van der Waals surface area contributed by atoms with Gasteiger partial charge in [-0.3, -0.25) is 0 Å². The van der Waals surface area contributed by atoms with Crippen LogP contribution in [0.1, 0.15) is 65.2 Å². The molecule has 14 heavy (non-hydrogen) atoms. The second-order valence-electron chi connectivity index (χ2n) is 4.87. The highest BCUT2D eigenvalue weighted by molar-refractivity contribution is 4.79. The van der Waals surface area contributed by atoms with E-state index in [-0.39, 0.29) is 6.10 Å². The van der Waals surface area contributed by atoms with Gasteiger partial charge >= 0.3 is 0 Å². The summed E-state index contributed by atoms with van der Waals surface area (Å²) in [6.07, 6.45) is 10.1. The summed E-state index contributed by atoms with van der Waals surface area (Å²) >= 11 is 0. The van der Waals surface area contributed by atoms with Crippen LogP contribution in [-0.4, -0.2) is 11.2 Å². The van der Waals surface area contributed by atoms with Crippen molar-refractivity contribution in [2.75, 3.05) is 0 Å². The van der Waals surface area contributed by atoms with Gasteiger partial charge in [-0.1, -0.05) is 39.5 Å². The third-order valence-electron chi connectivity index (χ3n) is 3.68. The van der Waals surface area contributed by atoms with Crippen LogP contribution >= 0.6 is 0 Å². The van der Waals surface area contributed by atoms with Gasteiger partial charge in [-0.25, -0.2) is 0 Å². The summed E-state index contributed by atoms with van der Waals surface area (Å²) < 4.78 is 0. The smallest absolute Gasteiger partial charge is 0.0596 e. The zero-order valence-electron chi connectivity index (χ0n) is 9.84. The van der Waals surface area contributed by atoms with Gasteiger partial charge in [0.15, 0.2) is 0 Å². The predicted octanol–water partition coefficient (Wildman–Crippen LogP) is 3.75. The maximum absolute atomic E-state index is 10.3. The van der Waals surface area contributed by atoms with Gasteiger partial charge in [0.1, 0.15) is 0 Å². The SMILES string of the molecule is CCCC(CCC)C(O)C1CCCC1. The van der Waals surface area contributed by atoms with E-state index < -0.39 is 0 Å². The van der Waals surface area contributed by atoms with E-state index in [1.54, 1.807) is 0 Å². The minimum Gasteiger partial charge on any atom is -0.393 e. The highest BCUT2D eigenvalue weighted by Crippen LogP contribution is 2.33. The lowest BCUT2D eigenvalue weighted by Gasteiger charge is -2.27. The highest BCUT2D eigenvalue weighted by Gasteiger charge is 2.28. The van der Waals surface area contributed by atoms with E-state index in [0.29, 0.717) is 11.8 Å². The van der Waals surface area contributed by atoms with Crippen molar-refractivity contribution in [3.05, 3.63) is 0 Å². The molecule has 0 aromatic heterocycles. The van der Waals surface area contributed by atoms with Crippen LogP contribution in [0.25, 0.3) is 0 Å². The molecular formula is C13H26O. The molecule has 1 unspecified atom stereocenters. The van der Waals surface area contributed by atoms with Crippen LogP contribution in [0.3, 0.4) is 0 Å². The summed E-state index contributed by atoms with van der Waals surface area (Å²) in [6, 6.07) is 0. The molecule has 1 heteroatoms. The average molecular weight is 198 g/mol. The summed E-state index contributed by atoms with van der Waals surface area (Å²) in [5.41, 5.74) is 0. The Morgan fingerprint density at radius 3 is 2.00 bits per heavy atom. The van der Waals surface area contributed by atoms with Gasteiger partial charge in [-0.2, -0.15) is 0 Å². The Morgan fingerprint density at radius 2 is 1.57 bits per heavy atom. The summed E-state index contributed by atoms with van der Waals surface area (Å²) in [6.45, 7) is 4.45. The van der Waals surface area contributed by atoms with E-state index in [1.165, 1.54) is 51.4 Å². The summed E-state index contributed by atoms with van der Waals surface area (Å²) in [7, 11) is 0. The second-order valence-corrected chi connectivity index (χ2v) is 4.87. The number of hydrogen-bond donors (Lipinski definition) is 1. The minimum absolute atomic E-state index is 0.00241. The van der Waals surface area contributed by atoms with Gasteiger partial charge < -0.3 is 5.11 Å². The molecule has 1 aliphatic carbocycles. The van der Waals surface area contributed by atoms with Crippen LogP contribution < -0.4 is 0 Å². The molecule has 0 radical (unpaired) electrons. The molecule has 0 bridgehead atoms. The molecule has 1 nitrogen and oxygen atoms in total. The Hall–Kier alpha value is -0.0400.